The molecular weight excluding hydrogens is 378 g/mol. The highest BCUT2D eigenvalue weighted by Gasteiger charge is 2.13. The average molecular weight is 401 g/mol. The van der Waals surface area contributed by atoms with E-state index < -0.39 is 0 Å². The van der Waals surface area contributed by atoms with Crippen LogP contribution >= 0.6 is 0 Å². The fraction of sp³-hybridized carbons (Fsp3) is 0.217. The second kappa shape index (κ2) is 8.32. The minimum Gasteiger partial charge on any atom is -0.492 e. The Hall–Kier alpha value is -3.74. The normalized spacial score (nSPS) is 10.9. The molecule has 30 heavy (non-hydrogen) atoms. The number of hydrogen-bond acceptors (Lipinski definition) is 6. The van der Waals surface area contributed by atoms with Crippen LogP contribution in [0.4, 0.5) is 11.9 Å². The van der Waals surface area contributed by atoms with Gasteiger partial charge in [-0.1, -0.05) is 42.5 Å². The van der Waals surface area contributed by atoms with Gasteiger partial charge in [-0.05, 0) is 32.4 Å². The zero-order valence-electron chi connectivity index (χ0n) is 17.2. The number of para-hydroxylation sites is 1. The molecule has 2 aromatic carbocycles. The van der Waals surface area contributed by atoms with Crippen molar-refractivity contribution in [3.05, 3.63) is 81.4 Å². The predicted molar refractivity (Wildman–Crippen MR) is 118 cm³/mol. The first-order valence-electron chi connectivity index (χ1n) is 9.86. The van der Waals surface area contributed by atoms with Crippen LogP contribution in [-0.2, 0) is 6.42 Å². The quantitative estimate of drug-likeness (QED) is 0.506. The summed E-state index contributed by atoms with van der Waals surface area (Å²) in [7, 11) is 0. The van der Waals surface area contributed by atoms with E-state index in [1.165, 1.54) is 0 Å². The van der Waals surface area contributed by atoms with E-state index in [0.29, 0.717) is 47.4 Å². The molecule has 7 nitrogen and oxygen atoms in total. The summed E-state index contributed by atoms with van der Waals surface area (Å²) in [6.07, 6.45) is 0.526. The highest BCUT2D eigenvalue weighted by molar-refractivity contribution is 5.87. The van der Waals surface area contributed by atoms with Gasteiger partial charge in [0.05, 0.1) is 18.0 Å². The van der Waals surface area contributed by atoms with E-state index in [4.69, 9.17) is 4.74 Å². The molecule has 0 spiro atoms. The molecule has 2 aromatic heterocycles. The van der Waals surface area contributed by atoms with Gasteiger partial charge in [-0.2, -0.15) is 0 Å². The fourth-order valence-corrected chi connectivity index (χ4v) is 3.39. The minimum absolute atomic E-state index is 0.179. The number of nitrogens with one attached hydrogen (secondary N) is 2. The number of nitrogens with zero attached hydrogens (tertiary/aromatic N) is 3. The zero-order chi connectivity index (χ0) is 21.1. The fourth-order valence-electron chi connectivity index (χ4n) is 3.39. The number of ether oxygens (including phenoxy) is 1. The van der Waals surface area contributed by atoms with Gasteiger partial charge in [0.25, 0.3) is 5.56 Å². The van der Waals surface area contributed by atoms with Gasteiger partial charge in [0.15, 0.2) is 0 Å². The summed E-state index contributed by atoms with van der Waals surface area (Å²) in [5, 5.41) is 3.95. The summed E-state index contributed by atoms with van der Waals surface area (Å²) >= 11 is 0. The second-order valence-electron chi connectivity index (χ2n) is 6.98. The van der Waals surface area contributed by atoms with Crippen LogP contribution in [0.2, 0.25) is 0 Å². The molecule has 2 N–H and O–H groups in total. The molecule has 0 saturated heterocycles. The van der Waals surface area contributed by atoms with Crippen molar-refractivity contribution in [1.29, 1.82) is 0 Å². The van der Waals surface area contributed by atoms with Gasteiger partial charge < -0.3 is 4.74 Å². The number of aromatic nitrogens is 4. The summed E-state index contributed by atoms with van der Waals surface area (Å²) in [6.45, 7) is 6.22. The highest BCUT2D eigenvalue weighted by Crippen LogP contribution is 2.27. The number of aryl methyl sites for hydroxylation is 2. The van der Waals surface area contributed by atoms with Crippen molar-refractivity contribution in [2.24, 2.45) is 0 Å². The molecule has 0 aliphatic heterocycles. The van der Waals surface area contributed by atoms with Crippen molar-refractivity contribution in [1.82, 2.24) is 19.9 Å². The molecule has 0 bridgehead atoms. The SMILES string of the molecule is CCOc1cccc2c(C)nc(Nc3nc(C)c(Cc4ccccc4)c(=O)[nH]3)nc12. The van der Waals surface area contributed by atoms with E-state index in [1.54, 1.807) is 0 Å². The summed E-state index contributed by atoms with van der Waals surface area (Å²) in [4.78, 5) is 29.1. The van der Waals surface area contributed by atoms with Crippen molar-refractivity contribution >= 4 is 22.8 Å². The Morgan fingerprint density at radius 3 is 2.50 bits per heavy atom. The molecule has 0 radical (unpaired) electrons. The molecule has 152 valence electrons. The van der Waals surface area contributed by atoms with Crippen molar-refractivity contribution in [3.63, 3.8) is 0 Å². The van der Waals surface area contributed by atoms with Crippen LogP contribution in [0.15, 0.2) is 53.3 Å². The predicted octanol–water partition coefficient (Wildman–Crippen LogP) is 4.06. The van der Waals surface area contributed by atoms with Crippen LogP contribution in [0.25, 0.3) is 10.9 Å². The van der Waals surface area contributed by atoms with E-state index >= 15 is 0 Å². The van der Waals surface area contributed by atoms with Crippen molar-refractivity contribution in [2.45, 2.75) is 27.2 Å². The molecule has 0 atom stereocenters. The van der Waals surface area contributed by atoms with Gasteiger partial charge in [-0.15, -0.1) is 0 Å². The van der Waals surface area contributed by atoms with Gasteiger partial charge in [-0.25, -0.2) is 15.0 Å². The summed E-state index contributed by atoms with van der Waals surface area (Å²) in [5.41, 5.74) is 3.71. The molecule has 4 rings (SSSR count). The van der Waals surface area contributed by atoms with Crippen molar-refractivity contribution < 1.29 is 4.74 Å². The number of benzene rings is 2. The van der Waals surface area contributed by atoms with E-state index in [9.17, 15) is 4.79 Å². The van der Waals surface area contributed by atoms with Gasteiger partial charge >= 0.3 is 0 Å². The van der Waals surface area contributed by atoms with Crippen molar-refractivity contribution in [2.75, 3.05) is 11.9 Å². The first kappa shape index (κ1) is 19.6. The van der Waals surface area contributed by atoms with Gasteiger partial charge in [0.2, 0.25) is 11.9 Å². The first-order chi connectivity index (χ1) is 14.5. The van der Waals surface area contributed by atoms with Gasteiger partial charge in [-0.3, -0.25) is 15.1 Å². The summed E-state index contributed by atoms with van der Waals surface area (Å²) in [5.74, 6) is 1.35. The molecule has 0 fully saturated rings. The Bertz CT molecular complexity index is 1250. The maximum absolute atomic E-state index is 12.7. The molecule has 2 heterocycles. The number of aromatic amines is 1. The largest absolute Gasteiger partial charge is 0.492 e. The summed E-state index contributed by atoms with van der Waals surface area (Å²) < 4.78 is 5.70. The summed E-state index contributed by atoms with van der Waals surface area (Å²) in [6, 6.07) is 15.6. The van der Waals surface area contributed by atoms with Gasteiger partial charge in [0.1, 0.15) is 11.3 Å². The Morgan fingerprint density at radius 2 is 1.77 bits per heavy atom. The highest BCUT2D eigenvalue weighted by atomic mass is 16.5. The lowest BCUT2D eigenvalue weighted by Crippen LogP contribution is -2.19. The first-order valence-corrected chi connectivity index (χ1v) is 9.86. The van der Waals surface area contributed by atoms with Crippen LogP contribution in [0.5, 0.6) is 5.75 Å². The molecular formula is C23H23N5O2. The number of hydrogen-bond donors (Lipinski definition) is 2. The van der Waals surface area contributed by atoms with E-state index in [-0.39, 0.29) is 5.56 Å². The van der Waals surface area contributed by atoms with Crippen molar-refractivity contribution in [3.8, 4) is 5.75 Å². The second-order valence-corrected chi connectivity index (χ2v) is 6.98. The molecule has 4 aromatic rings. The lowest BCUT2D eigenvalue weighted by molar-refractivity contribution is 0.343. The zero-order valence-corrected chi connectivity index (χ0v) is 17.2. The molecule has 7 heteroatoms. The van der Waals surface area contributed by atoms with Gasteiger partial charge in [0, 0.05) is 17.4 Å². The molecule has 0 unspecified atom stereocenters. The number of H-pyrrole nitrogens is 1. The third kappa shape index (κ3) is 4.00. The molecule has 0 aliphatic carbocycles. The van der Waals surface area contributed by atoms with Crippen LogP contribution in [0, 0.1) is 13.8 Å². The van der Waals surface area contributed by atoms with E-state index in [0.717, 1.165) is 16.6 Å². The standard InChI is InChI=1S/C23H23N5O2/c1-4-30-19-12-8-11-17-14(2)24-22(26-20(17)19)28-23-25-15(3)18(21(29)27-23)13-16-9-6-5-7-10-16/h5-12H,4,13H2,1-3H3,(H2,24,25,26,27,28,29). The monoisotopic (exact) mass is 401 g/mol. The smallest absolute Gasteiger partial charge is 0.256 e. The Labute approximate surface area is 174 Å². The third-order valence-electron chi connectivity index (χ3n) is 4.86. The molecule has 0 aliphatic rings. The Morgan fingerprint density at radius 1 is 0.967 bits per heavy atom. The van der Waals surface area contributed by atoms with E-state index in [2.05, 4.69) is 25.3 Å². The van der Waals surface area contributed by atoms with Crippen LogP contribution in [0.1, 0.15) is 29.4 Å². The van der Waals surface area contributed by atoms with E-state index in [1.807, 2.05) is 69.3 Å². The minimum atomic E-state index is -0.179. The average Bonchev–Trinajstić information content (AvgIpc) is 2.72. The lowest BCUT2D eigenvalue weighted by atomic mass is 10.1. The third-order valence-corrected chi connectivity index (χ3v) is 4.86. The molecule has 0 amide bonds. The van der Waals surface area contributed by atoms with Crippen LogP contribution in [-0.4, -0.2) is 26.5 Å². The Balaban J connectivity index is 1.67. The van der Waals surface area contributed by atoms with Crippen LogP contribution < -0.4 is 15.6 Å². The topological polar surface area (TPSA) is 92.8 Å². The number of fused-ring (bicyclic) bond motifs is 1. The maximum atomic E-state index is 12.7. The molecule has 0 saturated carbocycles. The van der Waals surface area contributed by atoms with Crippen LogP contribution in [0.3, 0.4) is 0 Å². The number of anilines is 2. The maximum Gasteiger partial charge on any atom is 0.256 e. The number of rotatable bonds is 6. The Kier molecular flexibility index (Phi) is 5.43. The lowest BCUT2D eigenvalue weighted by Gasteiger charge is -2.12.